The molecule has 1 rings (SSSR count). The molecule has 0 radical (unpaired) electrons. The Morgan fingerprint density at radius 2 is 1.88 bits per heavy atom. The minimum atomic E-state index is 0.594. The van der Waals surface area contributed by atoms with Gasteiger partial charge in [-0.15, -0.1) is 0 Å². The van der Waals surface area contributed by atoms with E-state index in [0.29, 0.717) is 17.8 Å². The zero-order valence-electron chi connectivity index (χ0n) is 11.3. The highest BCUT2D eigenvalue weighted by atomic mass is 15.1. The number of nitrogens with one attached hydrogen (secondary N) is 2. The molecule has 96 valence electrons. The van der Waals surface area contributed by atoms with E-state index in [4.69, 9.17) is 0 Å². The fourth-order valence-electron chi connectivity index (χ4n) is 1.33. The van der Waals surface area contributed by atoms with Gasteiger partial charge in [0.05, 0.1) is 0 Å². The summed E-state index contributed by atoms with van der Waals surface area (Å²) in [5.41, 5.74) is 0. The number of hydrogen-bond donors (Lipinski definition) is 2. The monoisotopic (exact) mass is 236 g/mol. The van der Waals surface area contributed by atoms with E-state index < -0.39 is 0 Å². The largest absolute Gasteiger partial charge is 0.370 e. The summed E-state index contributed by atoms with van der Waals surface area (Å²) in [7, 11) is 0. The SMILES string of the molecule is CC(C)CCNc1ccnc(NCC(C)C)n1. The number of hydrogen-bond acceptors (Lipinski definition) is 4. The average molecular weight is 236 g/mol. The van der Waals surface area contributed by atoms with Gasteiger partial charge in [0.2, 0.25) is 5.95 Å². The van der Waals surface area contributed by atoms with Crippen molar-refractivity contribution in [3.8, 4) is 0 Å². The second-order valence-corrected chi connectivity index (χ2v) is 5.15. The lowest BCUT2D eigenvalue weighted by Crippen LogP contribution is -2.12. The van der Waals surface area contributed by atoms with E-state index in [0.717, 1.165) is 25.3 Å². The molecule has 0 fully saturated rings. The van der Waals surface area contributed by atoms with Gasteiger partial charge in [-0.3, -0.25) is 0 Å². The first-order chi connectivity index (χ1) is 8.08. The summed E-state index contributed by atoms with van der Waals surface area (Å²) in [6.07, 6.45) is 2.94. The van der Waals surface area contributed by atoms with Crippen LogP contribution < -0.4 is 10.6 Å². The maximum Gasteiger partial charge on any atom is 0.224 e. The molecule has 0 aromatic carbocycles. The van der Waals surface area contributed by atoms with Crippen LogP contribution in [0.3, 0.4) is 0 Å². The van der Waals surface area contributed by atoms with Crippen LogP contribution in [-0.4, -0.2) is 23.1 Å². The van der Waals surface area contributed by atoms with Gasteiger partial charge in [-0.05, 0) is 24.3 Å². The summed E-state index contributed by atoms with van der Waals surface area (Å²) in [6, 6.07) is 1.90. The van der Waals surface area contributed by atoms with E-state index in [-0.39, 0.29) is 0 Å². The molecule has 0 atom stereocenters. The lowest BCUT2D eigenvalue weighted by Gasteiger charge is -2.10. The summed E-state index contributed by atoms with van der Waals surface area (Å²) < 4.78 is 0. The molecule has 0 saturated carbocycles. The van der Waals surface area contributed by atoms with E-state index in [1.165, 1.54) is 0 Å². The third kappa shape index (κ3) is 6.09. The quantitative estimate of drug-likeness (QED) is 0.764. The van der Waals surface area contributed by atoms with E-state index in [1.807, 2.05) is 6.07 Å². The maximum absolute atomic E-state index is 4.41. The molecule has 17 heavy (non-hydrogen) atoms. The van der Waals surface area contributed by atoms with Crippen LogP contribution in [0.1, 0.15) is 34.1 Å². The van der Waals surface area contributed by atoms with Crippen LogP contribution in [0.5, 0.6) is 0 Å². The Hall–Kier alpha value is -1.32. The first kappa shape index (κ1) is 13.7. The van der Waals surface area contributed by atoms with Crippen molar-refractivity contribution >= 4 is 11.8 Å². The molecular weight excluding hydrogens is 212 g/mol. The van der Waals surface area contributed by atoms with Gasteiger partial charge in [0.15, 0.2) is 0 Å². The molecule has 4 heteroatoms. The number of aromatic nitrogens is 2. The number of nitrogens with zero attached hydrogens (tertiary/aromatic N) is 2. The molecular formula is C13H24N4. The Balaban J connectivity index is 2.42. The van der Waals surface area contributed by atoms with Crippen LogP contribution in [0, 0.1) is 11.8 Å². The van der Waals surface area contributed by atoms with Gasteiger partial charge in [-0.1, -0.05) is 27.7 Å². The molecule has 0 spiro atoms. The predicted molar refractivity (Wildman–Crippen MR) is 73.3 cm³/mol. The van der Waals surface area contributed by atoms with Crippen molar-refractivity contribution in [1.82, 2.24) is 9.97 Å². The van der Waals surface area contributed by atoms with Crippen LogP contribution in [0.15, 0.2) is 12.3 Å². The Morgan fingerprint density at radius 1 is 1.12 bits per heavy atom. The van der Waals surface area contributed by atoms with Crippen LogP contribution >= 0.6 is 0 Å². The molecule has 1 aromatic heterocycles. The van der Waals surface area contributed by atoms with E-state index >= 15 is 0 Å². The maximum atomic E-state index is 4.41. The van der Waals surface area contributed by atoms with Crippen LogP contribution in [-0.2, 0) is 0 Å². The number of anilines is 2. The first-order valence-electron chi connectivity index (χ1n) is 6.38. The van der Waals surface area contributed by atoms with Gasteiger partial charge < -0.3 is 10.6 Å². The Bertz CT molecular complexity index is 323. The van der Waals surface area contributed by atoms with E-state index in [9.17, 15) is 0 Å². The lowest BCUT2D eigenvalue weighted by molar-refractivity contribution is 0.606. The van der Waals surface area contributed by atoms with Crippen LogP contribution in [0.2, 0.25) is 0 Å². The molecule has 0 aliphatic carbocycles. The second kappa shape index (κ2) is 7.09. The zero-order chi connectivity index (χ0) is 12.7. The molecule has 0 aliphatic rings. The summed E-state index contributed by atoms with van der Waals surface area (Å²) in [6.45, 7) is 10.6. The highest BCUT2D eigenvalue weighted by molar-refractivity contribution is 5.39. The normalized spacial score (nSPS) is 10.9. The van der Waals surface area contributed by atoms with Crippen molar-refractivity contribution in [3.05, 3.63) is 12.3 Å². The highest BCUT2D eigenvalue weighted by Crippen LogP contribution is 2.07. The molecule has 0 saturated heterocycles. The topological polar surface area (TPSA) is 49.8 Å². The van der Waals surface area contributed by atoms with Gasteiger partial charge in [0, 0.05) is 19.3 Å². The highest BCUT2D eigenvalue weighted by Gasteiger charge is 2.00. The van der Waals surface area contributed by atoms with Crippen LogP contribution in [0.25, 0.3) is 0 Å². The molecule has 1 aromatic rings. The predicted octanol–water partition coefficient (Wildman–Crippen LogP) is 3.00. The van der Waals surface area contributed by atoms with Crippen molar-refractivity contribution in [2.75, 3.05) is 23.7 Å². The van der Waals surface area contributed by atoms with Gasteiger partial charge in [0.25, 0.3) is 0 Å². The molecule has 0 unspecified atom stereocenters. The van der Waals surface area contributed by atoms with Crippen molar-refractivity contribution in [1.29, 1.82) is 0 Å². The molecule has 1 heterocycles. The minimum Gasteiger partial charge on any atom is -0.370 e. The van der Waals surface area contributed by atoms with Gasteiger partial charge in [-0.2, -0.15) is 4.98 Å². The standard InChI is InChI=1S/C13H24N4/c1-10(2)5-7-14-12-6-8-15-13(17-12)16-9-11(3)4/h6,8,10-11H,5,7,9H2,1-4H3,(H2,14,15,16,17). The van der Waals surface area contributed by atoms with Gasteiger partial charge >= 0.3 is 0 Å². The van der Waals surface area contributed by atoms with E-state index in [1.54, 1.807) is 6.20 Å². The van der Waals surface area contributed by atoms with Crippen molar-refractivity contribution in [3.63, 3.8) is 0 Å². The molecule has 0 aliphatic heterocycles. The Morgan fingerprint density at radius 3 is 2.53 bits per heavy atom. The zero-order valence-corrected chi connectivity index (χ0v) is 11.3. The second-order valence-electron chi connectivity index (χ2n) is 5.15. The van der Waals surface area contributed by atoms with Crippen LogP contribution in [0.4, 0.5) is 11.8 Å². The minimum absolute atomic E-state index is 0.594. The fraction of sp³-hybridized carbons (Fsp3) is 0.692. The summed E-state index contributed by atoms with van der Waals surface area (Å²) >= 11 is 0. The van der Waals surface area contributed by atoms with E-state index in [2.05, 4.69) is 48.3 Å². The fourth-order valence-corrected chi connectivity index (χ4v) is 1.33. The summed E-state index contributed by atoms with van der Waals surface area (Å²) in [5, 5.41) is 6.53. The van der Waals surface area contributed by atoms with Crippen molar-refractivity contribution in [2.45, 2.75) is 34.1 Å². The third-order valence-electron chi connectivity index (χ3n) is 2.35. The van der Waals surface area contributed by atoms with Crippen molar-refractivity contribution in [2.24, 2.45) is 11.8 Å². The molecule has 2 N–H and O–H groups in total. The van der Waals surface area contributed by atoms with Crippen molar-refractivity contribution < 1.29 is 0 Å². The molecule has 0 amide bonds. The number of rotatable bonds is 7. The summed E-state index contributed by atoms with van der Waals surface area (Å²) in [5.74, 6) is 2.90. The van der Waals surface area contributed by atoms with Gasteiger partial charge in [-0.25, -0.2) is 4.98 Å². The first-order valence-corrected chi connectivity index (χ1v) is 6.38. The molecule has 0 bridgehead atoms. The molecule has 4 nitrogen and oxygen atoms in total. The van der Waals surface area contributed by atoms with Gasteiger partial charge in [0.1, 0.15) is 5.82 Å². The lowest BCUT2D eigenvalue weighted by atomic mass is 10.1. The average Bonchev–Trinajstić information content (AvgIpc) is 2.26. The Labute approximate surface area is 104 Å². The Kier molecular flexibility index (Phi) is 5.73. The third-order valence-corrected chi connectivity index (χ3v) is 2.35. The summed E-state index contributed by atoms with van der Waals surface area (Å²) in [4.78, 5) is 8.60. The smallest absolute Gasteiger partial charge is 0.224 e.